The summed E-state index contributed by atoms with van der Waals surface area (Å²) in [6.45, 7) is 8.89. The molecule has 0 saturated carbocycles. The number of carbonyl (C=O) groups is 1. The monoisotopic (exact) mass is 419 g/mol. The highest BCUT2D eigenvalue weighted by atomic mass is 16.5. The van der Waals surface area contributed by atoms with Crippen molar-refractivity contribution in [1.82, 2.24) is 19.6 Å². The summed E-state index contributed by atoms with van der Waals surface area (Å²) in [5, 5.41) is 3.48. The van der Waals surface area contributed by atoms with Crippen molar-refractivity contribution in [3.05, 3.63) is 47.8 Å². The first-order valence-electron chi connectivity index (χ1n) is 11.0. The molecule has 5 rings (SSSR count). The molecule has 2 aliphatic heterocycles. The predicted octanol–water partition coefficient (Wildman–Crippen LogP) is 2.85. The fourth-order valence-electron chi connectivity index (χ4n) is 4.51. The number of imidazole rings is 1. The Morgan fingerprint density at radius 2 is 2.06 bits per heavy atom. The molecule has 7 nitrogen and oxygen atoms in total. The van der Waals surface area contributed by atoms with E-state index in [1.807, 2.05) is 19.2 Å². The van der Waals surface area contributed by atoms with Crippen LogP contribution in [0.1, 0.15) is 24.6 Å². The Morgan fingerprint density at radius 1 is 1.19 bits per heavy atom. The second-order valence-electron chi connectivity index (χ2n) is 8.56. The van der Waals surface area contributed by atoms with Crippen LogP contribution in [0, 0.1) is 6.92 Å². The van der Waals surface area contributed by atoms with Crippen LogP contribution in [0.15, 0.2) is 36.5 Å². The van der Waals surface area contributed by atoms with E-state index in [-0.39, 0.29) is 5.91 Å². The van der Waals surface area contributed by atoms with Crippen molar-refractivity contribution in [2.45, 2.75) is 32.9 Å². The number of nitrogens with one attached hydrogen (secondary N) is 1. The standard InChI is InChI=1S/C24H29N5O2/c1-16-5-8-22-26-23(20(29(22)14-16)15-28-11-4-9-25-10-12-28)18-6-7-21-19(13-18)27(3)24(30)17(2)31-21/h5-8,13-14,17,25H,4,9-12,15H2,1-3H3. The number of likely N-dealkylation sites (N-methyl/N-ethyl adjacent to an activating group) is 1. The molecule has 1 unspecified atom stereocenters. The zero-order chi connectivity index (χ0) is 21.5. The summed E-state index contributed by atoms with van der Waals surface area (Å²) in [6, 6.07) is 10.2. The normalized spacial score (nSPS) is 19.9. The lowest BCUT2D eigenvalue weighted by atomic mass is 10.1. The van der Waals surface area contributed by atoms with Crippen molar-refractivity contribution in [1.29, 1.82) is 0 Å². The third-order valence-corrected chi connectivity index (χ3v) is 6.25. The van der Waals surface area contributed by atoms with Gasteiger partial charge < -0.3 is 19.4 Å². The summed E-state index contributed by atoms with van der Waals surface area (Å²) >= 11 is 0. The third kappa shape index (κ3) is 3.68. The molecule has 3 aromatic rings. The van der Waals surface area contributed by atoms with Crippen molar-refractivity contribution in [2.24, 2.45) is 0 Å². The molecular formula is C24H29N5O2. The van der Waals surface area contributed by atoms with E-state index in [9.17, 15) is 4.79 Å². The van der Waals surface area contributed by atoms with Crippen LogP contribution in [0.25, 0.3) is 16.9 Å². The van der Waals surface area contributed by atoms with Gasteiger partial charge in [0.2, 0.25) is 0 Å². The summed E-state index contributed by atoms with van der Waals surface area (Å²) in [5.41, 5.74) is 6.08. The maximum absolute atomic E-state index is 12.4. The molecule has 2 aliphatic rings. The molecule has 1 N–H and O–H groups in total. The predicted molar refractivity (Wildman–Crippen MR) is 122 cm³/mol. The molecule has 2 aromatic heterocycles. The fourth-order valence-corrected chi connectivity index (χ4v) is 4.51. The van der Waals surface area contributed by atoms with E-state index < -0.39 is 6.10 Å². The van der Waals surface area contributed by atoms with Gasteiger partial charge in [0.25, 0.3) is 5.91 Å². The van der Waals surface area contributed by atoms with Gasteiger partial charge in [-0.1, -0.05) is 6.07 Å². The number of aryl methyl sites for hydroxylation is 1. The lowest BCUT2D eigenvalue weighted by Crippen LogP contribution is -2.41. The average molecular weight is 420 g/mol. The van der Waals surface area contributed by atoms with Crippen LogP contribution in [0.5, 0.6) is 5.75 Å². The highest BCUT2D eigenvalue weighted by molar-refractivity contribution is 6.00. The maximum atomic E-state index is 12.4. The molecule has 0 aliphatic carbocycles. The fraction of sp³-hybridized carbons (Fsp3) is 0.417. The molecule has 0 spiro atoms. The summed E-state index contributed by atoms with van der Waals surface area (Å²) in [6.07, 6.45) is 2.84. The molecule has 4 heterocycles. The van der Waals surface area contributed by atoms with Gasteiger partial charge in [-0.15, -0.1) is 0 Å². The zero-order valence-electron chi connectivity index (χ0n) is 18.4. The first kappa shape index (κ1) is 20.0. The Kier molecular flexibility index (Phi) is 5.16. The molecule has 7 heteroatoms. The lowest BCUT2D eigenvalue weighted by molar-refractivity contribution is -0.125. The van der Waals surface area contributed by atoms with Gasteiger partial charge in [0, 0.05) is 38.4 Å². The average Bonchev–Trinajstić information content (AvgIpc) is 2.93. The van der Waals surface area contributed by atoms with Crippen LogP contribution >= 0.6 is 0 Å². The van der Waals surface area contributed by atoms with E-state index in [1.54, 1.807) is 11.8 Å². The highest BCUT2D eigenvalue weighted by Crippen LogP contribution is 2.37. The number of fused-ring (bicyclic) bond motifs is 2. The Morgan fingerprint density at radius 3 is 2.94 bits per heavy atom. The number of ether oxygens (including phenoxy) is 1. The van der Waals surface area contributed by atoms with E-state index in [1.165, 1.54) is 11.3 Å². The van der Waals surface area contributed by atoms with Crippen molar-refractivity contribution in [3.63, 3.8) is 0 Å². The van der Waals surface area contributed by atoms with Crippen LogP contribution in [0.3, 0.4) is 0 Å². The van der Waals surface area contributed by atoms with Crippen molar-refractivity contribution >= 4 is 17.2 Å². The third-order valence-electron chi connectivity index (χ3n) is 6.25. The largest absolute Gasteiger partial charge is 0.479 e. The minimum Gasteiger partial charge on any atom is -0.479 e. The van der Waals surface area contributed by atoms with Crippen LogP contribution in [-0.4, -0.2) is 59.5 Å². The van der Waals surface area contributed by atoms with Gasteiger partial charge in [-0.25, -0.2) is 4.98 Å². The van der Waals surface area contributed by atoms with Crippen molar-refractivity contribution < 1.29 is 9.53 Å². The molecule has 0 bridgehead atoms. The van der Waals surface area contributed by atoms with E-state index in [2.05, 4.69) is 45.9 Å². The Bertz CT molecular complexity index is 1130. The second-order valence-corrected chi connectivity index (χ2v) is 8.56. The molecule has 31 heavy (non-hydrogen) atoms. The van der Waals surface area contributed by atoms with Gasteiger partial charge in [-0.2, -0.15) is 0 Å². The molecule has 1 aromatic carbocycles. The van der Waals surface area contributed by atoms with Gasteiger partial charge in [-0.3, -0.25) is 9.69 Å². The number of hydrogen-bond donors (Lipinski definition) is 1. The van der Waals surface area contributed by atoms with Crippen molar-refractivity contribution in [2.75, 3.05) is 38.1 Å². The smallest absolute Gasteiger partial charge is 0.267 e. The molecule has 162 valence electrons. The number of carbonyl (C=O) groups excluding carboxylic acids is 1. The summed E-state index contributed by atoms with van der Waals surface area (Å²) in [7, 11) is 1.81. The molecule has 1 atom stereocenters. The lowest BCUT2D eigenvalue weighted by Gasteiger charge is -2.30. The molecule has 1 fully saturated rings. The number of aromatic nitrogens is 2. The second kappa shape index (κ2) is 7.98. The number of hydrogen-bond acceptors (Lipinski definition) is 5. The van der Waals surface area contributed by atoms with Gasteiger partial charge in [0.1, 0.15) is 11.4 Å². The van der Waals surface area contributed by atoms with Crippen LogP contribution in [0.2, 0.25) is 0 Å². The van der Waals surface area contributed by atoms with E-state index in [4.69, 9.17) is 9.72 Å². The Hall–Kier alpha value is -2.90. The Labute approximate surface area is 182 Å². The number of pyridine rings is 1. The summed E-state index contributed by atoms with van der Waals surface area (Å²) < 4.78 is 8.03. The van der Waals surface area contributed by atoms with Crippen LogP contribution < -0.4 is 15.0 Å². The van der Waals surface area contributed by atoms with E-state index in [0.29, 0.717) is 0 Å². The molecular weight excluding hydrogens is 390 g/mol. The number of rotatable bonds is 3. The molecule has 1 amide bonds. The van der Waals surface area contributed by atoms with Gasteiger partial charge in [0.05, 0.1) is 17.1 Å². The van der Waals surface area contributed by atoms with Gasteiger partial charge >= 0.3 is 0 Å². The van der Waals surface area contributed by atoms with Crippen LogP contribution in [0.4, 0.5) is 5.69 Å². The van der Waals surface area contributed by atoms with Crippen molar-refractivity contribution in [3.8, 4) is 17.0 Å². The first-order chi connectivity index (χ1) is 15.0. The van der Waals surface area contributed by atoms with Gasteiger partial charge in [-0.05, 0) is 63.2 Å². The molecule has 0 radical (unpaired) electrons. The van der Waals surface area contributed by atoms with Gasteiger partial charge in [0.15, 0.2) is 6.10 Å². The first-order valence-corrected chi connectivity index (χ1v) is 11.0. The number of benzene rings is 1. The minimum atomic E-state index is -0.464. The number of nitrogens with zero attached hydrogens (tertiary/aromatic N) is 4. The Balaban J connectivity index is 1.60. The summed E-state index contributed by atoms with van der Waals surface area (Å²) in [4.78, 5) is 21.6. The minimum absolute atomic E-state index is 0.0347. The summed E-state index contributed by atoms with van der Waals surface area (Å²) in [5.74, 6) is 0.700. The zero-order valence-corrected chi connectivity index (χ0v) is 18.4. The van der Waals surface area contributed by atoms with E-state index in [0.717, 1.165) is 67.5 Å². The number of amides is 1. The molecule has 1 saturated heterocycles. The van der Waals surface area contributed by atoms with E-state index >= 15 is 0 Å². The SMILES string of the molecule is Cc1ccc2nc(-c3ccc4c(c3)N(C)C(=O)C(C)O4)c(CN3CCCNCC3)n2c1. The topological polar surface area (TPSA) is 62.1 Å². The highest BCUT2D eigenvalue weighted by Gasteiger charge is 2.29. The van der Waals surface area contributed by atoms with Crippen LogP contribution in [-0.2, 0) is 11.3 Å². The maximum Gasteiger partial charge on any atom is 0.267 e. The quantitative estimate of drug-likeness (QED) is 0.707. The number of anilines is 1.